The van der Waals surface area contributed by atoms with Gasteiger partial charge in [-0.3, -0.25) is 0 Å². The molecule has 0 radical (unpaired) electrons. The average molecular weight is 319 g/mol. The minimum Gasteiger partial charge on any atom is -0.326 e. The molecule has 1 rings (SSSR count). The van der Waals surface area contributed by atoms with E-state index in [-0.39, 0.29) is 17.2 Å². The first-order valence-corrected chi connectivity index (χ1v) is 9.54. The van der Waals surface area contributed by atoms with Gasteiger partial charge in [0.25, 0.3) is 0 Å². The Kier molecular flexibility index (Phi) is 4.99. The summed E-state index contributed by atoms with van der Waals surface area (Å²) in [7, 11) is -7.08. The number of rotatable bonds is 5. The molecule has 0 unspecified atom stereocenters. The number of hydrogen-bond donors (Lipinski definition) is 1. The molecule has 5 nitrogen and oxygen atoms in total. The topological polar surface area (TPSA) is 94.3 Å². The van der Waals surface area contributed by atoms with Crippen LogP contribution in [-0.2, 0) is 26.2 Å². The molecule has 0 spiro atoms. The second kappa shape index (κ2) is 5.83. The largest absolute Gasteiger partial charge is 0.326 e. The normalized spacial score (nSPS) is 13.4. The van der Waals surface area contributed by atoms with E-state index in [1.54, 1.807) is 32.9 Å². The van der Waals surface area contributed by atoms with Crippen LogP contribution in [0.4, 0.5) is 0 Å². The predicted molar refractivity (Wildman–Crippen MR) is 79.9 cm³/mol. The summed E-state index contributed by atoms with van der Waals surface area (Å²) < 4.78 is 47.3. The number of nitrogens with two attached hydrogens (primary N) is 1. The molecule has 0 saturated heterocycles. The Balaban J connectivity index is 2.97. The molecule has 0 amide bonds. The van der Waals surface area contributed by atoms with Crippen LogP contribution in [0.2, 0.25) is 0 Å². The van der Waals surface area contributed by atoms with Gasteiger partial charge in [0.15, 0.2) is 19.7 Å². The summed E-state index contributed by atoms with van der Waals surface area (Å²) in [6, 6.07) is 6.27. The quantitative estimate of drug-likeness (QED) is 0.878. The van der Waals surface area contributed by atoms with Crippen LogP contribution >= 0.6 is 0 Å². The first-order chi connectivity index (χ1) is 8.99. The van der Waals surface area contributed by atoms with Crippen molar-refractivity contribution in [2.75, 3.05) is 11.5 Å². The molecule has 0 aromatic heterocycles. The molecule has 0 saturated carbocycles. The van der Waals surface area contributed by atoms with E-state index in [4.69, 9.17) is 5.73 Å². The van der Waals surface area contributed by atoms with Crippen molar-refractivity contribution in [1.29, 1.82) is 0 Å². The molecule has 7 heteroatoms. The first-order valence-electron chi connectivity index (χ1n) is 6.24. The highest BCUT2D eigenvalue weighted by Gasteiger charge is 2.30. The fourth-order valence-corrected chi connectivity index (χ4v) is 4.73. The maximum atomic E-state index is 12.2. The monoisotopic (exact) mass is 319 g/mol. The lowest BCUT2D eigenvalue weighted by atomic mass is 10.2. The molecule has 114 valence electrons. The van der Waals surface area contributed by atoms with E-state index in [0.29, 0.717) is 5.56 Å². The van der Waals surface area contributed by atoms with E-state index in [2.05, 4.69) is 0 Å². The Morgan fingerprint density at radius 3 is 2.15 bits per heavy atom. The maximum Gasteiger partial charge on any atom is 0.179 e. The minimum absolute atomic E-state index is 0.115. The van der Waals surface area contributed by atoms with Crippen molar-refractivity contribution in [3.05, 3.63) is 29.8 Å². The highest BCUT2D eigenvalue weighted by Crippen LogP contribution is 2.19. The van der Waals surface area contributed by atoms with Gasteiger partial charge in [-0.15, -0.1) is 0 Å². The first kappa shape index (κ1) is 17.1. The standard InChI is InChI=1S/C13H21NO4S2/c1-13(2,3)20(17,18)8-7-19(15,16)12-6-4-5-11(9-12)10-14/h4-6,9H,7-8,10,14H2,1-3H3. The zero-order valence-electron chi connectivity index (χ0n) is 12.0. The summed E-state index contributed by atoms with van der Waals surface area (Å²) in [4.78, 5) is 0.115. The Labute approximate surface area is 121 Å². The highest BCUT2D eigenvalue weighted by molar-refractivity contribution is 7.95. The van der Waals surface area contributed by atoms with Crippen LogP contribution < -0.4 is 5.73 Å². The predicted octanol–water partition coefficient (Wildman–Crippen LogP) is 1.13. The molecule has 20 heavy (non-hydrogen) atoms. The van der Waals surface area contributed by atoms with Crippen molar-refractivity contribution in [1.82, 2.24) is 0 Å². The summed E-state index contributed by atoms with van der Waals surface area (Å²) >= 11 is 0. The Bertz CT molecular complexity index is 671. The number of hydrogen-bond acceptors (Lipinski definition) is 5. The van der Waals surface area contributed by atoms with E-state index >= 15 is 0 Å². The summed E-state index contributed by atoms with van der Waals surface area (Å²) in [6.07, 6.45) is 0. The smallest absolute Gasteiger partial charge is 0.179 e. The third-order valence-corrected chi connectivity index (χ3v) is 7.63. The van der Waals surface area contributed by atoms with E-state index in [1.165, 1.54) is 12.1 Å². The molecule has 0 bridgehead atoms. The van der Waals surface area contributed by atoms with Gasteiger partial charge in [-0.25, -0.2) is 16.8 Å². The molecule has 0 atom stereocenters. The van der Waals surface area contributed by atoms with Gasteiger partial charge < -0.3 is 5.73 Å². The zero-order valence-corrected chi connectivity index (χ0v) is 13.6. The van der Waals surface area contributed by atoms with Gasteiger partial charge in [0.1, 0.15) is 0 Å². The lowest BCUT2D eigenvalue weighted by molar-refractivity contribution is 0.559. The molecule has 0 heterocycles. The van der Waals surface area contributed by atoms with Crippen LogP contribution in [0.15, 0.2) is 29.2 Å². The molecule has 1 aromatic rings. The van der Waals surface area contributed by atoms with Crippen LogP contribution in [0.1, 0.15) is 26.3 Å². The second-order valence-corrected chi connectivity index (χ2v) is 10.6. The lowest BCUT2D eigenvalue weighted by Crippen LogP contribution is -2.33. The SMILES string of the molecule is CC(C)(C)S(=O)(=O)CCS(=O)(=O)c1cccc(CN)c1. The summed E-state index contributed by atoms with van der Waals surface area (Å²) in [5, 5.41) is 0. The molecule has 2 N–H and O–H groups in total. The van der Waals surface area contributed by atoms with Crippen molar-refractivity contribution in [3.8, 4) is 0 Å². The molecular formula is C13H21NO4S2. The number of sulfone groups is 2. The van der Waals surface area contributed by atoms with Gasteiger partial charge in [0.05, 0.1) is 21.1 Å². The Morgan fingerprint density at radius 1 is 1.05 bits per heavy atom. The van der Waals surface area contributed by atoms with Gasteiger partial charge in [-0.2, -0.15) is 0 Å². The van der Waals surface area contributed by atoms with Crippen LogP contribution in [-0.4, -0.2) is 33.1 Å². The van der Waals surface area contributed by atoms with E-state index in [1.807, 2.05) is 0 Å². The average Bonchev–Trinajstić information content (AvgIpc) is 2.35. The molecule has 0 aliphatic carbocycles. The van der Waals surface area contributed by atoms with Gasteiger partial charge in [0.2, 0.25) is 0 Å². The van der Waals surface area contributed by atoms with Crippen molar-refractivity contribution in [2.24, 2.45) is 5.73 Å². The molecule has 0 aliphatic rings. The Morgan fingerprint density at radius 2 is 1.65 bits per heavy atom. The van der Waals surface area contributed by atoms with Gasteiger partial charge in [-0.1, -0.05) is 12.1 Å². The van der Waals surface area contributed by atoms with E-state index < -0.39 is 30.2 Å². The van der Waals surface area contributed by atoms with Gasteiger partial charge in [-0.05, 0) is 38.5 Å². The third-order valence-electron chi connectivity index (χ3n) is 3.05. The van der Waals surface area contributed by atoms with Gasteiger partial charge >= 0.3 is 0 Å². The molecule has 1 aromatic carbocycles. The second-order valence-electron chi connectivity index (χ2n) is 5.60. The maximum absolute atomic E-state index is 12.2. The van der Waals surface area contributed by atoms with E-state index in [0.717, 1.165) is 0 Å². The van der Waals surface area contributed by atoms with E-state index in [9.17, 15) is 16.8 Å². The fraction of sp³-hybridized carbons (Fsp3) is 0.538. The van der Waals surface area contributed by atoms with Crippen LogP contribution in [0.3, 0.4) is 0 Å². The zero-order chi connectivity index (χ0) is 15.6. The molecule has 0 fully saturated rings. The van der Waals surface area contributed by atoms with Crippen molar-refractivity contribution in [2.45, 2.75) is 37.0 Å². The number of benzene rings is 1. The fourth-order valence-electron chi connectivity index (χ4n) is 1.51. The van der Waals surface area contributed by atoms with Crippen molar-refractivity contribution >= 4 is 19.7 Å². The Hall–Kier alpha value is -0.920. The summed E-state index contributed by atoms with van der Waals surface area (Å²) in [6.45, 7) is 4.92. The summed E-state index contributed by atoms with van der Waals surface area (Å²) in [5.74, 6) is -0.799. The van der Waals surface area contributed by atoms with Crippen molar-refractivity contribution < 1.29 is 16.8 Å². The lowest BCUT2D eigenvalue weighted by Gasteiger charge is -2.19. The third kappa shape index (κ3) is 4.04. The van der Waals surface area contributed by atoms with Crippen LogP contribution in [0.25, 0.3) is 0 Å². The van der Waals surface area contributed by atoms with Gasteiger partial charge in [0, 0.05) is 6.54 Å². The van der Waals surface area contributed by atoms with Crippen LogP contribution in [0, 0.1) is 0 Å². The summed E-state index contributed by atoms with van der Waals surface area (Å²) in [5.41, 5.74) is 6.17. The molecular weight excluding hydrogens is 298 g/mol. The highest BCUT2D eigenvalue weighted by atomic mass is 32.2. The van der Waals surface area contributed by atoms with Crippen molar-refractivity contribution in [3.63, 3.8) is 0 Å². The minimum atomic E-state index is -3.62. The van der Waals surface area contributed by atoms with Crippen LogP contribution in [0.5, 0.6) is 0 Å². The molecule has 0 aliphatic heterocycles.